The van der Waals surface area contributed by atoms with Gasteiger partial charge in [-0.25, -0.2) is 9.97 Å². The van der Waals surface area contributed by atoms with Crippen LogP contribution >= 0.6 is 0 Å². The highest BCUT2D eigenvalue weighted by atomic mass is 16.5. The molecule has 0 radical (unpaired) electrons. The van der Waals surface area contributed by atoms with Crippen molar-refractivity contribution in [2.24, 2.45) is 0 Å². The Hall–Kier alpha value is -3.99. The SMILES string of the molecule is O=C(NCCC(c1ccccc1)c1ccccc1)c1cc(OCc2ccccc2)ncn1. The van der Waals surface area contributed by atoms with Crippen LogP contribution in [0.4, 0.5) is 0 Å². The van der Waals surface area contributed by atoms with Gasteiger partial charge in [-0.05, 0) is 23.1 Å². The molecule has 0 aliphatic rings. The minimum atomic E-state index is -0.239. The summed E-state index contributed by atoms with van der Waals surface area (Å²) in [5, 5.41) is 2.99. The molecule has 5 nitrogen and oxygen atoms in total. The van der Waals surface area contributed by atoms with E-state index in [-0.39, 0.29) is 11.8 Å². The highest BCUT2D eigenvalue weighted by Crippen LogP contribution is 2.27. The molecule has 0 bridgehead atoms. The minimum Gasteiger partial charge on any atom is -0.473 e. The summed E-state index contributed by atoms with van der Waals surface area (Å²) >= 11 is 0. The van der Waals surface area contributed by atoms with Crippen molar-refractivity contribution in [1.82, 2.24) is 15.3 Å². The Bertz CT molecular complexity index is 1080. The van der Waals surface area contributed by atoms with E-state index in [2.05, 4.69) is 39.6 Å². The van der Waals surface area contributed by atoms with Crippen LogP contribution < -0.4 is 10.1 Å². The van der Waals surface area contributed by atoms with Gasteiger partial charge in [0.2, 0.25) is 5.88 Å². The second-order valence-electron chi connectivity index (χ2n) is 7.43. The number of rotatable bonds is 9. The molecule has 0 unspecified atom stereocenters. The van der Waals surface area contributed by atoms with Crippen LogP contribution in [0.1, 0.15) is 39.5 Å². The molecule has 1 amide bonds. The molecule has 0 saturated heterocycles. The van der Waals surface area contributed by atoms with Crippen molar-refractivity contribution < 1.29 is 9.53 Å². The highest BCUT2D eigenvalue weighted by Gasteiger charge is 2.15. The summed E-state index contributed by atoms with van der Waals surface area (Å²) in [5.74, 6) is 0.338. The highest BCUT2D eigenvalue weighted by molar-refractivity contribution is 5.92. The normalized spacial score (nSPS) is 10.7. The summed E-state index contributed by atoms with van der Waals surface area (Å²) < 4.78 is 5.71. The third-order valence-electron chi connectivity index (χ3n) is 5.23. The topological polar surface area (TPSA) is 64.1 Å². The third-order valence-corrected chi connectivity index (χ3v) is 5.23. The molecule has 0 aliphatic carbocycles. The molecule has 160 valence electrons. The van der Waals surface area contributed by atoms with Crippen LogP contribution in [0.5, 0.6) is 5.88 Å². The number of hydrogen-bond acceptors (Lipinski definition) is 4. The van der Waals surface area contributed by atoms with Crippen LogP contribution in [0, 0.1) is 0 Å². The quantitative estimate of drug-likeness (QED) is 0.411. The molecular weight excluding hydrogens is 398 g/mol. The van der Waals surface area contributed by atoms with Gasteiger partial charge in [0.15, 0.2) is 0 Å². The first-order valence-electron chi connectivity index (χ1n) is 10.7. The molecule has 1 N–H and O–H groups in total. The Labute approximate surface area is 188 Å². The van der Waals surface area contributed by atoms with E-state index in [0.717, 1.165) is 12.0 Å². The number of hydrogen-bond donors (Lipinski definition) is 1. The molecule has 32 heavy (non-hydrogen) atoms. The number of amides is 1. The number of nitrogens with zero attached hydrogens (tertiary/aromatic N) is 2. The molecule has 0 fully saturated rings. The van der Waals surface area contributed by atoms with Crippen LogP contribution in [0.2, 0.25) is 0 Å². The number of aromatic nitrogens is 2. The van der Waals surface area contributed by atoms with E-state index in [1.54, 1.807) is 6.07 Å². The van der Waals surface area contributed by atoms with E-state index in [9.17, 15) is 4.79 Å². The zero-order valence-electron chi connectivity index (χ0n) is 17.7. The average Bonchev–Trinajstić information content (AvgIpc) is 2.87. The zero-order chi connectivity index (χ0) is 22.0. The van der Waals surface area contributed by atoms with Crippen molar-refractivity contribution in [2.75, 3.05) is 6.54 Å². The first-order chi connectivity index (χ1) is 15.8. The minimum absolute atomic E-state index is 0.202. The van der Waals surface area contributed by atoms with Gasteiger partial charge >= 0.3 is 0 Å². The molecule has 1 aromatic heterocycles. The molecule has 0 atom stereocenters. The van der Waals surface area contributed by atoms with Crippen LogP contribution in [-0.4, -0.2) is 22.4 Å². The third kappa shape index (κ3) is 5.79. The van der Waals surface area contributed by atoms with Gasteiger partial charge in [-0.2, -0.15) is 0 Å². The van der Waals surface area contributed by atoms with Crippen LogP contribution in [0.3, 0.4) is 0 Å². The van der Waals surface area contributed by atoms with Gasteiger partial charge in [0.25, 0.3) is 5.91 Å². The van der Waals surface area contributed by atoms with E-state index in [1.807, 2.05) is 66.7 Å². The summed E-state index contributed by atoms with van der Waals surface area (Å²) in [5.41, 5.74) is 3.78. The van der Waals surface area contributed by atoms with E-state index in [0.29, 0.717) is 24.7 Å². The molecule has 4 rings (SSSR count). The van der Waals surface area contributed by atoms with Crippen molar-refractivity contribution in [3.8, 4) is 5.88 Å². The lowest BCUT2D eigenvalue weighted by molar-refractivity contribution is 0.0947. The Morgan fingerprint density at radius 1 is 0.812 bits per heavy atom. The molecule has 1 heterocycles. The lowest BCUT2D eigenvalue weighted by Crippen LogP contribution is -2.26. The molecule has 5 heteroatoms. The summed E-state index contributed by atoms with van der Waals surface area (Å²) in [6.07, 6.45) is 2.13. The van der Waals surface area contributed by atoms with E-state index in [4.69, 9.17) is 4.74 Å². The van der Waals surface area contributed by atoms with Crippen molar-refractivity contribution in [3.05, 3.63) is 126 Å². The Morgan fingerprint density at radius 3 is 2.03 bits per heavy atom. The number of carbonyl (C=O) groups is 1. The standard InChI is InChI=1S/C27H25N3O2/c31-27(25-18-26(30-20-29-25)32-19-21-10-4-1-5-11-21)28-17-16-24(22-12-6-2-7-13-22)23-14-8-3-9-15-23/h1-15,18,20,24H,16-17,19H2,(H,28,31). The van der Waals surface area contributed by atoms with E-state index in [1.165, 1.54) is 17.5 Å². The largest absolute Gasteiger partial charge is 0.473 e. The van der Waals surface area contributed by atoms with Crippen molar-refractivity contribution in [1.29, 1.82) is 0 Å². The zero-order valence-corrected chi connectivity index (χ0v) is 17.7. The lowest BCUT2D eigenvalue weighted by atomic mass is 9.88. The second-order valence-corrected chi connectivity index (χ2v) is 7.43. The van der Waals surface area contributed by atoms with Crippen molar-refractivity contribution >= 4 is 5.91 Å². The van der Waals surface area contributed by atoms with Gasteiger partial charge in [-0.15, -0.1) is 0 Å². The fourth-order valence-corrected chi connectivity index (χ4v) is 3.59. The summed E-state index contributed by atoms with van der Waals surface area (Å²) in [4.78, 5) is 20.9. The summed E-state index contributed by atoms with van der Waals surface area (Å²) in [6.45, 7) is 0.909. The monoisotopic (exact) mass is 423 g/mol. The van der Waals surface area contributed by atoms with Gasteiger partial charge in [-0.1, -0.05) is 91.0 Å². The van der Waals surface area contributed by atoms with E-state index < -0.39 is 0 Å². The first-order valence-corrected chi connectivity index (χ1v) is 10.7. The van der Waals surface area contributed by atoms with Gasteiger partial charge in [0.1, 0.15) is 18.6 Å². The maximum Gasteiger partial charge on any atom is 0.270 e. The summed E-state index contributed by atoms with van der Waals surface area (Å²) in [6, 6.07) is 32.1. The van der Waals surface area contributed by atoms with Crippen molar-refractivity contribution in [3.63, 3.8) is 0 Å². The maximum absolute atomic E-state index is 12.7. The fourth-order valence-electron chi connectivity index (χ4n) is 3.59. The molecule has 3 aromatic carbocycles. The second kappa shape index (κ2) is 10.9. The molecule has 0 saturated carbocycles. The maximum atomic E-state index is 12.7. The number of ether oxygens (including phenoxy) is 1. The van der Waals surface area contributed by atoms with Gasteiger partial charge in [0, 0.05) is 18.5 Å². The van der Waals surface area contributed by atoms with Gasteiger partial charge in [0.05, 0.1) is 0 Å². The van der Waals surface area contributed by atoms with Gasteiger partial charge < -0.3 is 10.1 Å². The van der Waals surface area contributed by atoms with Gasteiger partial charge in [-0.3, -0.25) is 4.79 Å². The first kappa shape index (κ1) is 21.2. The smallest absolute Gasteiger partial charge is 0.270 e. The molecule has 0 aliphatic heterocycles. The number of carbonyl (C=O) groups excluding carboxylic acids is 1. The van der Waals surface area contributed by atoms with Crippen LogP contribution in [0.15, 0.2) is 103 Å². The predicted molar refractivity (Wildman–Crippen MR) is 124 cm³/mol. The number of benzene rings is 3. The molecular formula is C27H25N3O2. The Kier molecular flexibility index (Phi) is 7.21. The van der Waals surface area contributed by atoms with Crippen LogP contribution in [0.25, 0.3) is 0 Å². The summed E-state index contributed by atoms with van der Waals surface area (Å²) in [7, 11) is 0. The number of nitrogens with one attached hydrogen (secondary N) is 1. The molecule has 0 spiro atoms. The van der Waals surface area contributed by atoms with Crippen molar-refractivity contribution in [2.45, 2.75) is 18.9 Å². The Morgan fingerprint density at radius 2 is 1.41 bits per heavy atom. The van der Waals surface area contributed by atoms with E-state index >= 15 is 0 Å². The van der Waals surface area contributed by atoms with Crippen LogP contribution in [-0.2, 0) is 6.61 Å². The molecule has 4 aromatic rings. The fraction of sp³-hybridized carbons (Fsp3) is 0.148. The lowest BCUT2D eigenvalue weighted by Gasteiger charge is -2.18. The average molecular weight is 424 g/mol. The predicted octanol–water partition coefficient (Wildman–Crippen LogP) is 5.01. The Balaban J connectivity index is 1.36.